The third kappa shape index (κ3) is 47.1. The molecule has 0 spiro atoms. The third-order valence-corrected chi connectivity index (χ3v) is 11.5. The third-order valence-electron chi connectivity index (χ3n) is 11.5. The average molecular weight is 934 g/mol. The van der Waals surface area contributed by atoms with Gasteiger partial charge in [-0.25, -0.2) is 0 Å². The number of nitrogens with zero attached hydrogens (tertiary/aromatic N) is 1. The van der Waals surface area contributed by atoms with E-state index in [-0.39, 0.29) is 42.7 Å². The second-order valence-electron chi connectivity index (χ2n) is 18.7. The van der Waals surface area contributed by atoms with Crippen molar-refractivity contribution in [3.8, 4) is 0 Å². The van der Waals surface area contributed by atoms with Gasteiger partial charge in [-0.05, 0) is 96.3 Å². The first kappa shape index (κ1) is 63.2. The van der Waals surface area contributed by atoms with Crippen molar-refractivity contribution in [2.24, 2.45) is 0 Å². The van der Waals surface area contributed by atoms with Crippen LogP contribution in [-0.4, -0.2) is 75.5 Å². The van der Waals surface area contributed by atoms with Crippen molar-refractivity contribution in [3.63, 3.8) is 0 Å². The Hall–Kier alpha value is -3.75. The average Bonchev–Trinajstić information content (AvgIpc) is 3.29. The summed E-state index contributed by atoms with van der Waals surface area (Å²) in [5.41, 5.74) is 0. The van der Waals surface area contributed by atoms with E-state index in [1.165, 1.54) is 64.2 Å². The SMILES string of the molecule is CC/C=C/C/C=C/C/C=C/C/C=C/CCCCCCCCCCCC(=O)OC(COCCC(C(=O)[O-])[N+](C)(C)C)COC(=O)CCCCCCC/C=C/C/C=C/C/C=C/C/C=C/CCCCC. The van der Waals surface area contributed by atoms with Crippen molar-refractivity contribution in [3.05, 3.63) is 97.2 Å². The minimum absolute atomic E-state index is 0.0266. The molecule has 0 rings (SSSR count). The van der Waals surface area contributed by atoms with Gasteiger partial charge in [-0.15, -0.1) is 0 Å². The van der Waals surface area contributed by atoms with E-state index < -0.39 is 18.1 Å². The summed E-state index contributed by atoms with van der Waals surface area (Å²) in [4.78, 5) is 37.1. The molecular weight excluding hydrogens is 835 g/mol. The van der Waals surface area contributed by atoms with Crippen LogP contribution in [-0.2, 0) is 28.6 Å². The van der Waals surface area contributed by atoms with E-state index in [9.17, 15) is 19.5 Å². The first-order valence-corrected chi connectivity index (χ1v) is 26.8. The Balaban J connectivity index is 4.29. The number of likely N-dealkylation sites (N-methyl/N-ethyl adjacent to an activating group) is 1. The summed E-state index contributed by atoms with van der Waals surface area (Å²) in [7, 11) is 5.40. The van der Waals surface area contributed by atoms with Gasteiger partial charge in [0.2, 0.25) is 0 Å². The zero-order valence-corrected chi connectivity index (χ0v) is 43.5. The van der Waals surface area contributed by atoms with Gasteiger partial charge in [0.25, 0.3) is 0 Å². The minimum Gasteiger partial charge on any atom is -0.544 e. The summed E-state index contributed by atoms with van der Waals surface area (Å²) >= 11 is 0. The van der Waals surface area contributed by atoms with Crippen LogP contribution in [0.4, 0.5) is 0 Å². The van der Waals surface area contributed by atoms with E-state index in [0.717, 1.165) is 109 Å². The van der Waals surface area contributed by atoms with Crippen LogP contribution in [0.2, 0.25) is 0 Å². The van der Waals surface area contributed by atoms with Crippen LogP contribution in [0.25, 0.3) is 0 Å². The van der Waals surface area contributed by atoms with Gasteiger partial charge >= 0.3 is 11.9 Å². The molecule has 0 fully saturated rings. The van der Waals surface area contributed by atoms with E-state index >= 15 is 0 Å². The number of rotatable bonds is 47. The number of aliphatic carboxylic acids is 1. The van der Waals surface area contributed by atoms with E-state index in [1.807, 2.05) is 0 Å². The van der Waals surface area contributed by atoms with Crippen LogP contribution in [0, 0.1) is 0 Å². The molecule has 0 aromatic heterocycles. The van der Waals surface area contributed by atoms with E-state index in [4.69, 9.17) is 14.2 Å². The summed E-state index contributed by atoms with van der Waals surface area (Å²) in [6, 6.07) is -0.736. The van der Waals surface area contributed by atoms with Crippen LogP contribution in [0.1, 0.15) is 206 Å². The lowest BCUT2D eigenvalue weighted by atomic mass is 10.1. The second kappa shape index (κ2) is 48.7. The number of allylic oxidation sites excluding steroid dienone is 16. The maximum atomic E-state index is 12.8. The van der Waals surface area contributed by atoms with Gasteiger partial charge in [0, 0.05) is 19.3 Å². The first-order valence-electron chi connectivity index (χ1n) is 26.8. The van der Waals surface area contributed by atoms with Crippen molar-refractivity contribution >= 4 is 17.9 Å². The molecule has 0 aliphatic carbocycles. The molecule has 0 radical (unpaired) electrons. The van der Waals surface area contributed by atoms with Crippen LogP contribution < -0.4 is 5.11 Å². The summed E-state index contributed by atoms with van der Waals surface area (Å²) in [5, 5.41) is 11.7. The number of unbranched alkanes of at least 4 members (excludes halogenated alkanes) is 17. The molecule has 0 aliphatic heterocycles. The van der Waals surface area contributed by atoms with Gasteiger partial charge in [-0.2, -0.15) is 0 Å². The highest BCUT2D eigenvalue weighted by Gasteiger charge is 2.25. The number of carboxylic acids is 1. The lowest BCUT2D eigenvalue weighted by molar-refractivity contribution is -0.889. The van der Waals surface area contributed by atoms with Crippen LogP contribution in [0.15, 0.2) is 97.2 Å². The molecule has 0 heterocycles. The van der Waals surface area contributed by atoms with E-state index in [2.05, 4.69) is 111 Å². The fourth-order valence-electron chi connectivity index (χ4n) is 7.34. The summed E-state index contributed by atoms with van der Waals surface area (Å²) < 4.78 is 17.2. The number of carbonyl (C=O) groups excluding carboxylic acids is 3. The van der Waals surface area contributed by atoms with Gasteiger partial charge < -0.3 is 28.6 Å². The Morgan fingerprint density at radius 1 is 0.463 bits per heavy atom. The molecule has 0 bridgehead atoms. The molecule has 382 valence electrons. The highest BCUT2D eigenvalue weighted by Crippen LogP contribution is 2.14. The van der Waals surface area contributed by atoms with Gasteiger partial charge in [-0.3, -0.25) is 9.59 Å². The second-order valence-corrected chi connectivity index (χ2v) is 18.7. The normalized spacial score (nSPS) is 13.6. The summed E-state index contributed by atoms with van der Waals surface area (Å²) in [5.74, 6) is -1.77. The van der Waals surface area contributed by atoms with Crippen molar-refractivity contribution in [1.82, 2.24) is 0 Å². The number of hydrogen-bond acceptors (Lipinski definition) is 7. The molecule has 0 aromatic rings. The zero-order valence-electron chi connectivity index (χ0n) is 43.5. The van der Waals surface area contributed by atoms with Crippen molar-refractivity contribution in [2.75, 3.05) is 41.0 Å². The van der Waals surface area contributed by atoms with Crippen LogP contribution in [0.5, 0.6) is 0 Å². The largest absolute Gasteiger partial charge is 0.544 e. The van der Waals surface area contributed by atoms with Crippen molar-refractivity contribution < 1.29 is 38.2 Å². The lowest BCUT2D eigenvalue weighted by Crippen LogP contribution is -2.55. The molecule has 2 atom stereocenters. The first-order chi connectivity index (χ1) is 32.6. The maximum absolute atomic E-state index is 12.8. The minimum atomic E-state index is -1.13. The molecule has 0 N–H and O–H groups in total. The fraction of sp³-hybridized carbons (Fsp3) is 0.678. The molecular formula is C59H99NO7. The molecule has 0 amide bonds. The molecule has 67 heavy (non-hydrogen) atoms. The summed E-state index contributed by atoms with van der Waals surface area (Å²) in [6.07, 6.45) is 65.7. The number of carboxylic acid groups (broad SMARTS) is 1. The van der Waals surface area contributed by atoms with Crippen LogP contribution >= 0.6 is 0 Å². The molecule has 0 aromatic carbocycles. The molecule has 0 aliphatic rings. The Bertz CT molecular complexity index is 1410. The zero-order chi connectivity index (χ0) is 49.2. The lowest BCUT2D eigenvalue weighted by Gasteiger charge is -2.34. The molecule has 8 nitrogen and oxygen atoms in total. The monoisotopic (exact) mass is 934 g/mol. The highest BCUT2D eigenvalue weighted by molar-refractivity contribution is 5.70. The van der Waals surface area contributed by atoms with Gasteiger partial charge in [-0.1, -0.05) is 188 Å². The van der Waals surface area contributed by atoms with Crippen molar-refractivity contribution in [1.29, 1.82) is 0 Å². The Morgan fingerprint density at radius 3 is 1.24 bits per heavy atom. The standard InChI is InChI=1S/C59H99NO7/c1-6-8-10-12-14-16-18-20-22-24-26-28-30-32-34-36-38-40-42-44-46-48-50-58(62)67-55(53-65-52-51-56(59(63)64)60(3,4)5)54-66-57(61)49-47-45-43-41-39-37-35-33-31-29-27-25-23-21-19-17-15-13-11-9-7-2/h8,10,14-17,20-23,26-29,33,35,55-56H,6-7,9,11-13,18-19,24-25,30-32,34,36-54H2,1-5H3/b10-8+,16-14+,17-15+,22-20+,23-21+,28-26+,29-27+,35-33+. The highest BCUT2D eigenvalue weighted by atomic mass is 16.6. The molecule has 2 unspecified atom stereocenters. The number of quaternary nitrogens is 1. The number of ether oxygens (including phenoxy) is 3. The Labute approximate surface area is 411 Å². The molecule has 0 saturated heterocycles. The number of esters is 2. The fourth-order valence-corrected chi connectivity index (χ4v) is 7.34. The maximum Gasteiger partial charge on any atom is 0.306 e. The molecule has 8 heteroatoms. The topological polar surface area (TPSA) is 102 Å². The van der Waals surface area contributed by atoms with Crippen LogP contribution in [0.3, 0.4) is 0 Å². The molecule has 0 saturated carbocycles. The summed E-state index contributed by atoms with van der Waals surface area (Å²) in [6.45, 7) is 4.50. The van der Waals surface area contributed by atoms with Crippen molar-refractivity contribution in [2.45, 2.75) is 219 Å². The predicted octanol–water partition coefficient (Wildman–Crippen LogP) is 14.5. The van der Waals surface area contributed by atoms with E-state index in [0.29, 0.717) is 12.8 Å². The number of carbonyl (C=O) groups is 3. The Morgan fingerprint density at radius 2 is 0.836 bits per heavy atom. The van der Waals surface area contributed by atoms with Gasteiger partial charge in [0.05, 0.1) is 40.3 Å². The van der Waals surface area contributed by atoms with E-state index in [1.54, 1.807) is 21.1 Å². The smallest absolute Gasteiger partial charge is 0.306 e. The quantitative estimate of drug-likeness (QED) is 0.0259. The van der Waals surface area contributed by atoms with Gasteiger partial charge in [0.15, 0.2) is 6.10 Å². The predicted molar refractivity (Wildman–Crippen MR) is 281 cm³/mol. The number of hydrogen-bond donors (Lipinski definition) is 0. The Kier molecular flexibility index (Phi) is 46.0. The van der Waals surface area contributed by atoms with Gasteiger partial charge in [0.1, 0.15) is 12.6 Å².